The predicted octanol–water partition coefficient (Wildman–Crippen LogP) is 7.15. The highest BCUT2D eigenvalue weighted by Gasteiger charge is 2.20. The van der Waals surface area contributed by atoms with Gasteiger partial charge in [-0.05, 0) is 54.6 Å². The monoisotopic (exact) mass is 508 g/mol. The molecular formula is C30H21ClN2O4. The van der Waals surface area contributed by atoms with Gasteiger partial charge in [0, 0.05) is 27.3 Å². The lowest BCUT2D eigenvalue weighted by Gasteiger charge is -2.12. The number of anilines is 1. The summed E-state index contributed by atoms with van der Waals surface area (Å²) < 4.78 is 11.2. The highest BCUT2D eigenvalue weighted by Crippen LogP contribution is 2.30. The van der Waals surface area contributed by atoms with Crippen LogP contribution in [-0.2, 0) is 0 Å². The lowest BCUT2D eigenvalue weighted by Crippen LogP contribution is -2.16. The Labute approximate surface area is 218 Å². The molecule has 1 aromatic heterocycles. The van der Waals surface area contributed by atoms with Crippen LogP contribution in [0.4, 0.5) is 5.69 Å². The van der Waals surface area contributed by atoms with Crippen LogP contribution in [0.2, 0.25) is 5.02 Å². The Bertz CT molecular complexity index is 1580. The minimum absolute atomic E-state index is 0.247. The maximum Gasteiger partial charge on any atom is 0.256 e. The first-order valence-electron chi connectivity index (χ1n) is 11.4. The summed E-state index contributed by atoms with van der Waals surface area (Å²) >= 11 is 6.18. The van der Waals surface area contributed by atoms with E-state index < -0.39 is 5.91 Å². The molecule has 7 heteroatoms. The first kappa shape index (κ1) is 24.0. The number of nitrogens with one attached hydrogen (secondary N) is 1. The molecular weight excluding hydrogens is 488 g/mol. The number of carbonyl (C=O) groups is 2. The number of amides is 1. The molecule has 0 aliphatic carbocycles. The number of benzene rings is 4. The van der Waals surface area contributed by atoms with Crippen LogP contribution < -0.4 is 10.1 Å². The molecule has 0 bridgehead atoms. The van der Waals surface area contributed by atoms with Crippen molar-refractivity contribution < 1.29 is 18.7 Å². The van der Waals surface area contributed by atoms with Gasteiger partial charge in [-0.1, -0.05) is 54.1 Å². The lowest BCUT2D eigenvalue weighted by atomic mass is 10.0. The predicted molar refractivity (Wildman–Crippen MR) is 143 cm³/mol. The largest absolute Gasteiger partial charge is 0.497 e. The number of ether oxygens (including phenoxy) is 1. The van der Waals surface area contributed by atoms with Crippen molar-refractivity contribution in [3.63, 3.8) is 0 Å². The van der Waals surface area contributed by atoms with Crippen molar-refractivity contribution in [1.82, 2.24) is 4.98 Å². The zero-order valence-electron chi connectivity index (χ0n) is 19.8. The van der Waals surface area contributed by atoms with E-state index in [0.29, 0.717) is 44.6 Å². The Morgan fingerprint density at radius 2 is 1.59 bits per heavy atom. The molecule has 0 saturated heterocycles. The Morgan fingerprint density at radius 3 is 2.35 bits per heavy atom. The summed E-state index contributed by atoms with van der Waals surface area (Å²) in [7, 11) is 1.61. The van der Waals surface area contributed by atoms with Crippen molar-refractivity contribution in [1.29, 1.82) is 0 Å². The number of methoxy groups -OCH3 is 1. The number of nitrogens with zero attached hydrogens (tertiary/aromatic N) is 1. The van der Waals surface area contributed by atoms with Gasteiger partial charge in [0.25, 0.3) is 5.91 Å². The van der Waals surface area contributed by atoms with Crippen LogP contribution in [0.3, 0.4) is 0 Å². The second-order valence-electron chi connectivity index (χ2n) is 8.14. The Hall–Kier alpha value is -4.68. The molecule has 5 rings (SSSR count). The SMILES string of the molecule is COc1ccc(-c2cnc(-c3ccccc3C(=O)Nc3ccc(Cl)cc3C(=O)c3ccccc3)o2)cc1. The fraction of sp³-hybridized carbons (Fsp3) is 0.0333. The van der Waals surface area contributed by atoms with E-state index in [4.69, 9.17) is 20.8 Å². The molecule has 182 valence electrons. The van der Waals surface area contributed by atoms with E-state index in [1.165, 1.54) is 0 Å². The summed E-state index contributed by atoms with van der Waals surface area (Å²) in [4.78, 5) is 31.0. The lowest BCUT2D eigenvalue weighted by molar-refractivity contribution is 0.102. The van der Waals surface area contributed by atoms with Gasteiger partial charge in [-0.15, -0.1) is 0 Å². The quantitative estimate of drug-likeness (QED) is 0.236. The molecule has 0 aliphatic rings. The second-order valence-corrected chi connectivity index (χ2v) is 8.58. The number of ketones is 1. The Balaban J connectivity index is 1.45. The molecule has 1 amide bonds. The average Bonchev–Trinajstić information content (AvgIpc) is 3.44. The average molecular weight is 509 g/mol. The van der Waals surface area contributed by atoms with Gasteiger partial charge in [0.15, 0.2) is 11.5 Å². The highest BCUT2D eigenvalue weighted by atomic mass is 35.5. The molecule has 1 N–H and O–H groups in total. The van der Waals surface area contributed by atoms with Crippen molar-refractivity contribution in [3.8, 4) is 28.5 Å². The van der Waals surface area contributed by atoms with Crippen LogP contribution in [0.5, 0.6) is 5.75 Å². The van der Waals surface area contributed by atoms with E-state index in [0.717, 1.165) is 11.3 Å². The number of hydrogen-bond acceptors (Lipinski definition) is 5. The van der Waals surface area contributed by atoms with Crippen LogP contribution in [0.25, 0.3) is 22.8 Å². The first-order chi connectivity index (χ1) is 18.0. The van der Waals surface area contributed by atoms with E-state index >= 15 is 0 Å². The zero-order chi connectivity index (χ0) is 25.8. The molecule has 4 aromatic carbocycles. The molecule has 0 unspecified atom stereocenters. The maximum atomic E-state index is 13.4. The Morgan fingerprint density at radius 1 is 0.865 bits per heavy atom. The van der Waals surface area contributed by atoms with Crippen LogP contribution in [0.1, 0.15) is 26.3 Å². The molecule has 37 heavy (non-hydrogen) atoms. The van der Waals surface area contributed by atoms with Crippen molar-refractivity contribution in [2.45, 2.75) is 0 Å². The van der Waals surface area contributed by atoms with Crippen LogP contribution in [0.15, 0.2) is 108 Å². The third-order valence-corrected chi connectivity index (χ3v) is 6.03. The minimum atomic E-state index is -0.413. The summed E-state index contributed by atoms with van der Waals surface area (Å²) in [6.45, 7) is 0. The molecule has 0 aliphatic heterocycles. The Kier molecular flexibility index (Phi) is 6.83. The summed E-state index contributed by atoms with van der Waals surface area (Å²) in [6.07, 6.45) is 1.61. The van der Waals surface area contributed by atoms with Gasteiger partial charge in [0.1, 0.15) is 5.75 Å². The third kappa shape index (κ3) is 5.15. The first-order valence-corrected chi connectivity index (χ1v) is 11.8. The van der Waals surface area contributed by atoms with Crippen molar-refractivity contribution >= 4 is 29.0 Å². The summed E-state index contributed by atoms with van der Waals surface area (Å²) in [5.41, 5.74) is 2.83. The molecule has 0 fully saturated rings. The molecule has 6 nitrogen and oxygen atoms in total. The third-order valence-electron chi connectivity index (χ3n) is 5.79. The smallest absolute Gasteiger partial charge is 0.256 e. The van der Waals surface area contributed by atoms with Crippen molar-refractivity contribution in [2.75, 3.05) is 12.4 Å². The van der Waals surface area contributed by atoms with Gasteiger partial charge in [0.05, 0.1) is 24.6 Å². The minimum Gasteiger partial charge on any atom is -0.497 e. The summed E-state index contributed by atoms with van der Waals surface area (Å²) in [6, 6.07) is 28.0. The molecule has 5 aromatic rings. The van der Waals surface area contributed by atoms with Crippen molar-refractivity contribution in [2.24, 2.45) is 0 Å². The van der Waals surface area contributed by atoms with Crippen LogP contribution >= 0.6 is 11.6 Å². The van der Waals surface area contributed by atoms with Crippen LogP contribution in [-0.4, -0.2) is 23.8 Å². The van der Waals surface area contributed by atoms with Gasteiger partial charge in [-0.25, -0.2) is 4.98 Å². The van der Waals surface area contributed by atoms with Gasteiger partial charge in [-0.3, -0.25) is 9.59 Å². The highest BCUT2D eigenvalue weighted by molar-refractivity contribution is 6.31. The number of aromatic nitrogens is 1. The second kappa shape index (κ2) is 10.5. The van der Waals surface area contributed by atoms with E-state index in [1.807, 2.05) is 30.3 Å². The van der Waals surface area contributed by atoms with Gasteiger partial charge in [0.2, 0.25) is 5.89 Å². The normalized spacial score (nSPS) is 10.6. The number of oxazole rings is 1. The molecule has 0 radical (unpaired) electrons. The van der Waals surface area contributed by atoms with Gasteiger partial charge >= 0.3 is 0 Å². The molecule has 0 atom stereocenters. The summed E-state index contributed by atoms with van der Waals surface area (Å²) in [5, 5.41) is 3.26. The molecule has 1 heterocycles. The van der Waals surface area contributed by atoms with E-state index in [-0.39, 0.29) is 5.78 Å². The number of halogens is 1. The number of carbonyl (C=O) groups excluding carboxylic acids is 2. The van der Waals surface area contributed by atoms with Gasteiger partial charge in [-0.2, -0.15) is 0 Å². The fourth-order valence-electron chi connectivity index (χ4n) is 3.90. The fourth-order valence-corrected chi connectivity index (χ4v) is 4.08. The van der Waals surface area contributed by atoms with Gasteiger partial charge < -0.3 is 14.5 Å². The summed E-state index contributed by atoms with van der Waals surface area (Å²) in [5.74, 6) is 0.931. The maximum absolute atomic E-state index is 13.4. The molecule has 0 spiro atoms. The van der Waals surface area contributed by atoms with Crippen molar-refractivity contribution in [3.05, 3.63) is 125 Å². The topological polar surface area (TPSA) is 81.4 Å². The molecule has 0 saturated carbocycles. The zero-order valence-corrected chi connectivity index (χ0v) is 20.5. The van der Waals surface area contributed by atoms with Crippen LogP contribution in [0, 0.1) is 0 Å². The van der Waals surface area contributed by atoms with E-state index in [2.05, 4.69) is 10.3 Å². The number of rotatable bonds is 7. The number of hydrogen-bond donors (Lipinski definition) is 1. The van der Waals surface area contributed by atoms with E-state index in [1.54, 1.807) is 80.0 Å². The van der Waals surface area contributed by atoms with E-state index in [9.17, 15) is 9.59 Å². The standard InChI is InChI=1S/C30H21ClN2O4/c1-36-22-14-11-19(12-15-22)27-18-32-30(37-27)24-10-6-5-9-23(24)29(35)33-26-16-13-21(31)17-25(26)28(34)20-7-3-2-4-8-20/h2-18H,1H3,(H,33,35).